The van der Waals surface area contributed by atoms with E-state index in [9.17, 15) is 0 Å². The summed E-state index contributed by atoms with van der Waals surface area (Å²) >= 11 is 3.46. The van der Waals surface area contributed by atoms with Gasteiger partial charge in [0.2, 0.25) is 0 Å². The fourth-order valence-electron chi connectivity index (χ4n) is 2.47. The lowest BCUT2D eigenvalue weighted by molar-refractivity contribution is 0.908. The molecule has 4 heteroatoms. The second-order valence-corrected chi connectivity index (χ2v) is 5.88. The van der Waals surface area contributed by atoms with Crippen LogP contribution in [0.25, 0.3) is 16.6 Å². The molecule has 0 spiro atoms. The van der Waals surface area contributed by atoms with E-state index >= 15 is 0 Å². The van der Waals surface area contributed by atoms with Gasteiger partial charge < -0.3 is 0 Å². The van der Waals surface area contributed by atoms with Crippen molar-refractivity contribution in [3.8, 4) is 5.69 Å². The van der Waals surface area contributed by atoms with Crippen molar-refractivity contribution in [2.24, 2.45) is 0 Å². The minimum absolute atomic E-state index is 0.693. The maximum absolute atomic E-state index is 4.53. The molecule has 1 fully saturated rings. The Balaban J connectivity index is 1.91. The Kier molecular flexibility index (Phi) is 2.45. The van der Waals surface area contributed by atoms with Gasteiger partial charge in [-0.1, -0.05) is 15.9 Å². The van der Waals surface area contributed by atoms with E-state index in [4.69, 9.17) is 0 Å². The second-order valence-electron chi connectivity index (χ2n) is 4.97. The molecule has 0 amide bonds. The number of aromatic nitrogens is 3. The predicted molar refractivity (Wildman–Crippen MR) is 78.5 cm³/mol. The fourth-order valence-corrected chi connectivity index (χ4v) is 2.73. The summed E-state index contributed by atoms with van der Waals surface area (Å²) < 4.78 is 3.03. The summed E-state index contributed by atoms with van der Waals surface area (Å²) in [6, 6.07) is 8.17. The second kappa shape index (κ2) is 4.17. The monoisotopic (exact) mass is 313 g/mol. The summed E-state index contributed by atoms with van der Waals surface area (Å²) in [5.41, 5.74) is 3.50. The van der Waals surface area contributed by atoms with E-state index in [-0.39, 0.29) is 0 Å². The molecule has 1 saturated carbocycles. The molecule has 1 aliphatic rings. The molecule has 1 aliphatic carbocycles. The van der Waals surface area contributed by atoms with E-state index < -0.39 is 0 Å². The van der Waals surface area contributed by atoms with Crippen LogP contribution in [-0.2, 0) is 0 Å². The molecule has 0 atom stereocenters. The zero-order valence-corrected chi connectivity index (χ0v) is 11.8. The highest BCUT2D eigenvalue weighted by Gasteiger charge is 2.26. The molecule has 94 valence electrons. The van der Waals surface area contributed by atoms with Crippen molar-refractivity contribution in [3.63, 3.8) is 0 Å². The normalized spacial score (nSPS) is 15.0. The summed E-state index contributed by atoms with van der Waals surface area (Å²) in [5, 5.41) is 5.76. The summed E-state index contributed by atoms with van der Waals surface area (Å²) in [6.45, 7) is 0. The van der Waals surface area contributed by atoms with E-state index in [2.05, 4.69) is 38.1 Å². The number of pyridine rings is 1. The molecular weight excluding hydrogens is 302 g/mol. The number of benzene rings is 1. The Hall–Kier alpha value is -1.68. The van der Waals surface area contributed by atoms with Crippen LogP contribution in [0.5, 0.6) is 0 Å². The lowest BCUT2D eigenvalue weighted by Crippen LogP contribution is -1.96. The SMILES string of the molecule is Brc1ccc(-n2ncc3c(C4CC4)cncc32)cc1. The van der Waals surface area contributed by atoms with E-state index in [0.29, 0.717) is 5.92 Å². The molecule has 0 unspecified atom stereocenters. The molecule has 4 rings (SSSR count). The van der Waals surface area contributed by atoms with Crippen LogP contribution >= 0.6 is 15.9 Å². The van der Waals surface area contributed by atoms with Crippen LogP contribution in [0.2, 0.25) is 0 Å². The Morgan fingerprint density at radius 2 is 1.84 bits per heavy atom. The van der Waals surface area contributed by atoms with Crippen LogP contribution in [0, 0.1) is 0 Å². The highest BCUT2D eigenvalue weighted by molar-refractivity contribution is 9.10. The van der Waals surface area contributed by atoms with Crippen molar-refractivity contribution in [1.82, 2.24) is 14.8 Å². The van der Waals surface area contributed by atoms with E-state index in [1.165, 1.54) is 23.8 Å². The maximum atomic E-state index is 4.53. The topological polar surface area (TPSA) is 30.7 Å². The molecule has 2 heterocycles. The van der Waals surface area contributed by atoms with E-state index in [1.807, 2.05) is 35.4 Å². The molecule has 1 aromatic carbocycles. The Morgan fingerprint density at radius 1 is 1.05 bits per heavy atom. The van der Waals surface area contributed by atoms with Crippen LogP contribution in [0.3, 0.4) is 0 Å². The van der Waals surface area contributed by atoms with Gasteiger partial charge in [0.05, 0.1) is 23.6 Å². The van der Waals surface area contributed by atoms with Gasteiger partial charge in [-0.2, -0.15) is 5.10 Å². The molecule has 3 aromatic rings. The van der Waals surface area contributed by atoms with Gasteiger partial charge in [0.15, 0.2) is 0 Å². The van der Waals surface area contributed by atoms with Crippen molar-refractivity contribution in [2.45, 2.75) is 18.8 Å². The van der Waals surface area contributed by atoms with Gasteiger partial charge in [-0.3, -0.25) is 4.98 Å². The molecular formula is C15H12BrN3. The molecule has 0 bridgehead atoms. The Morgan fingerprint density at radius 3 is 2.58 bits per heavy atom. The number of hydrogen-bond donors (Lipinski definition) is 0. The Bertz CT molecular complexity index is 742. The predicted octanol–water partition coefficient (Wildman–Crippen LogP) is 4.06. The lowest BCUT2D eigenvalue weighted by Gasteiger charge is -2.04. The quantitative estimate of drug-likeness (QED) is 0.714. The first-order chi connectivity index (χ1) is 9.33. The third-order valence-corrected chi connectivity index (χ3v) is 4.14. The summed E-state index contributed by atoms with van der Waals surface area (Å²) in [4.78, 5) is 4.38. The first-order valence-corrected chi connectivity index (χ1v) is 7.20. The van der Waals surface area contributed by atoms with Crippen LogP contribution in [0.15, 0.2) is 47.3 Å². The minimum atomic E-state index is 0.693. The molecule has 19 heavy (non-hydrogen) atoms. The van der Waals surface area contributed by atoms with Crippen molar-refractivity contribution in [1.29, 1.82) is 0 Å². The number of halogens is 1. The van der Waals surface area contributed by atoms with Gasteiger partial charge in [-0.05, 0) is 48.6 Å². The van der Waals surface area contributed by atoms with Gasteiger partial charge in [0, 0.05) is 16.1 Å². The third kappa shape index (κ3) is 1.87. The largest absolute Gasteiger partial charge is 0.262 e. The van der Waals surface area contributed by atoms with Crippen LogP contribution in [0.1, 0.15) is 24.3 Å². The van der Waals surface area contributed by atoms with Crippen LogP contribution in [0.4, 0.5) is 0 Å². The van der Waals surface area contributed by atoms with Gasteiger partial charge in [-0.15, -0.1) is 0 Å². The highest BCUT2D eigenvalue weighted by atomic mass is 79.9. The van der Waals surface area contributed by atoms with Crippen molar-refractivity contribution in [3.05, 3.63) is 52.9 Å². The fraction of sp³-hybridized carbons (Fsp3) is 0.200. The molecule has 0 saturated heterocycles. The summed E-state index contributed by atoms with van der Waals surface area (Å²) in [5.74, 6) is 0.693. The molecule has 3 nitrogen and oxygen atoms in total. The van der Waals surface area contributed by atoms with Gasteiger partial charge >= 0.3 is 0 Å². The number of nitrogens with zero attached hydrogens (tertiary/aromatic N) is 3. The lowest BCUT2D eigenvalue weighted by atomic mass is 10.1. The highest BCUT2D eigenvalue weighted by Crippen LogP contribution is 2.42. The Labute approximate surface area is 119 Å². The molecule has 0 radical (unpaired) electrons. The van der Waals surface area contributed by atoms with Crippen molar-refractivity contribution < 1.29 is 0 Å². The van der Waals surface area contributed by atoms with Gasteiger partial charge in [-0.25, -0.2) is 4.68 Å². The number of hydrogen-bond acceptors (Lipinski definition) is 2. The van der Waals surface area contributed by atoms with E-state index in [1.54, 1.807) is 0 Å². The zero-order valence-electron chi connectivity index (χ0n) is 10.3. The van der Waals surface area contributed by atoms with Gasteiger partial charge in [0.25, 0.3) is 0 Å². The minimum Gasteiger partial charge on any atom is -0.262 e. The van der Waals surface area contributed by atoms with Gasteiger partial charge in [0.1, 0.15) is 0 Å². The summed E-state index contributed by atoms with van der Waals surface area (Å²) in [7, 11) is 0. The standard InChI is InChI=1S/C15H12BrN3/c16-11-3-5-12(6-4-11)19-15-9-17-7-13(10-1-2-10)14(15)8-18-19/h3-10H,1-2H2. The molecule has 0 aliphatic heterocycles. The first-order valence-electron chi connectivity index (χ1n) is 6.40. The average Bonchev–Trinajstić information content (AvgIpc) is 3.19. The molecule has 0 N–H and O–H groups in total. The van der Waals surface area contributed by atoms with Crippen LogP contribution < -0.4 is 0 Å². The molecule has 2 aromatic heterocycles. The first kappa shape index (κ1) is 11.2. The van der Waals surface area contributed by atoms with E-state index in [0.717, 1.165) is 15.7 Å². The van der Waals surface area contributed by atoms with Crippen LogP contribution in [-0.4, -0.2) is 14.8 Å². The van der Waals surface area contributed by atoms with Crippen molar-refractivity contribution >= 4 is 26.8 Å². The van der Waals surface area contributed by atoms with Crippen molar-refractivity contribution in [2.75, 3.05) is 0 Å². The summed E-state index contributed by atoms with van der Waals surface area (Å²) in [6.07, 6.45) is 8.42. The third-order valence-electron chi connectivity index (χ3n) is 3.62. The number of rotatable bonds is 2. The average molecular weight is 314 g/mol. The number of fused-ring (bicyclic) bond motifs is 1. The maximum Gasteiger partial charge on any atom is 0.0927 e. The smallest absolute Gasteiger partial charge is 0.0927 e. The zero-order chi connectivity index (χ0) is 12.8.